The first kappa shape index (κ1) is 15.2. The third-order valence-corrected chi connectivity index (χ3v) is 5.17. The summed E-state index contributed by atoms with van der Waals surface area (Å²) in [5.74, 6) is 1.55. The Hall–Kier alpha value is -1.71. The number of nitrogens with one attached hydrogen (secondary N) is 1. The van der Waals surface area contributed by atoms with Crippen molar-refractivity contribution in [2.24, 2.45) is 10.7 Å². The maximum Gasteiger partial charge on any atom is 0.189 e. The number of nitrogens with zero attached hydrogens (tertiary/aromatic N) is 1. The summed E-state index contributed by atoms with van der Waals surface area (Å²) in [4.78, 5) is 4.72. The number of hydrogen-bond acceptors (Lipinski definition) is 2. The number of rotatable bonds is 4. The molecule has 2 atom stereocenters. The molecule has 4 nitrogen and oxygen atoms in total. The van der Waals surface area contributed by atoms with Gasteiger partial charge in [-0.15, -0.1) is 0 Å². The zero-order valence-electron chi connectivity index (χ0n) is 13.6. The molecular weight excluding hydrogens is 274 g/mol. The summed E-state index contributed by atoms with van der Waals surface area (Å²) < 4.78 is 5.49. The van der Waals surface area contributed by atoms with Gasteiger partial charge < -0.3 is 15.8 Å². The monoisotopic (exact) mass is 301 g/mol. The number of para-hydroxylation sites is 1. The Kier molecular flexibility index (Phi) is 4.27. The molecule has 0 aromatic heterocycles. The summed E-state index contributed by atoms with van der Waals surface area (Å²) >= 11 is 0. The van der Waals surface area contributed by atoms with Gasteiger partial charge in [-0.3, -0.25) is 0 Å². The number of hydrogen-bond donors (Lipinski definition) is 2. The van der Waals surface area contributed by atoms with E-state index in [1.807, 2.05) is 12.1 Å². The Morgan fingerprint density at radius 1 is 1.27 bits per heavy atom. The van der Waals surface area contributed by atoms with Crippen molar-refractivity contribution in [1.29, 1.82) is 0 Å². The van der Waals surface area contributed by atoms with E-state index in [0.29, 0.717) is 12.0 Å². The molecule has 0 saturated heterocycles. The second kappa shape index (κ2) is 6.19. The van der Waals surface area contributed by atoms with Gasteiger partial charge in [-0.1, -0.05) is 44.4 Å². The zero-order chi connectivity index (χ0) is 15.6. The van der Waals surface area contributed by atoms with E-state index in [0.717, 1.165) is 12.2 Å². The van der Waals surface area contributed by atoms with Crippen molar-refractivity contribution < 1.29 is 4.74 Å². The van der Waals surface area contributed by atoms with Crippen LogP contribution in [0.3, 0.4) is 0 Å². The number of benzene rings is 1. The van der Waals surface area contributed by atoms with Gasteiger partial charge in [0, 0.05) is 17.0 Å². The van der Waals surface area contributed by atoms with Gasteiger partial charge in [-0.05, 0) is 25.3 Å². The van der Waals surface area contributed by atoms with Crippen molar-refractivity contribution in [2.75, 3.05) is 7.11 Å². The minimum absolute atomic E-state index is 0.0471. The highest BCUT2D eigenvalue weighted by molar-refractivity contribution is 5.79. The molecule has 120 valence electrons. The highest BCUT2D eigenvalue weighted by atomic mass is 16.5. The molecule has 22 heavy (non-hydrogen) atoms. The average Bonchev–Trinajstić information content (AvgIpc) is 3.19. The summed E-state index contributed by atoms with van der Waals surface area (Å²) in [5.41, 5.74) is 7.40. The van der Waals surface area contributed by atoms with Gasteiger partial charge in [-0.2, -0.15) is 0 Å². The van der Waals surface area contributed by atoms with Gasteiger partial charge in [0.15, 0.2) is 5.96 Å². The predicted octanol–water partition coefficient (Wildman–Crippen LogP) is 2.96. The lowest BCUT2D eigenvalue weighted by Gasteiger charge is -2.23. The van der Waals surface area contributed by atoms with Crippen LogP contribution in [0.5, 0.6) is 5.75 Å². The van der Waals surface area contributed by atoms with Crippen molar-refractivity contribution in [1.82, 2.24) is 5.32 Å². The molecule has 2 aliphatic rings. The summed E-state index contributed by atoms with van der Waals surface area (Å²) in [5, 5.41) is 3.40. The van der Waals surface area contributed by atoms with Crippen LogP contribution in [0.2, 0.25) is 0 Å². The van der Waals surface area contributed by atoms with E-state index in [1.54, 1.807) is 7.11 Å². The Balaban J connectivity index is 1.66. The van der Waals surface area contributed by atoms with Gasteiger partial charge in [0.1, 0.15) is 5.75 Å². The van der Waals surface area contributed by atoms with E-state index in [9.17, 15) is 0 Å². The lowest BCUT2D eigenvalue weighted by molar-refractivity contribution is 0.404. The first-order valence-corrected chi connectivity index (χ1v) is 8.37. The Morgan fingerprint density at radius 3 is 2.73 bits per heavy atom. The molecule has 2 unspecified atom stereocenters. The van der Waals surface area contributed by atoms with Crippen LogP contribution in [0, 0.1) is 0 Å². The molecule has 0 heterocycles. The van der Waals surface area contributed by atoms with Crippen LogP contribution in [0.1, 0.15) is 51.0 Å². The molecule has 1 aromatic carbocycles. The average molecular weight is 301 g/mol. The molecule has 2 saturated carbocycles. The first-order chi connectivity index (χ1) is 10.6. The van der Waals surface area contributed by atoms with Crippen LogP contribution in [0.4, 0.5) is 0 Å². The Labute approximate surface area is 133 Å². The van der Waals surface area contributed by atoms with Crippen LogP contribution < -0.4 is 15.8 Å². The minimum atomic E-state index is 0.0471. The number of methoxy groups -OCH3 is 1. The van der Waals surface area contributed by atoms with Crippen LogP contribution in [-0.4, -0.2) is 25.2 Å². The molecule has 4 heteroatoms. The molecule has 0 spiro atoms. The summed E-state index contributed by atoms with van der Waals surface area (Å²) in [6.07, 6.45) is 7.40. The lowest BCUT2D eigenvalue weighted by atomic mass is 9.95. The highest BCUT2D eigenvalue weighted by Gasteiger charge is 2.53. The maximum atomic E-state index is 6.12. The number of ether oxygens (including phenoxy) is 1. The van der Waals surface area contributed by atoms with E-state index in [4.69, 9.17) is 15.5 Å². The van der Waals surface area contributed by atoms with E-state index in [2.05, 4.69) is 24.4 Å². The predicted molar refractivity (Wildman–Crippen MR) is 90.4 cm³/mol. The van der Waals surface area contributed by atoms with Crippen LogP contribution in [0.25, 0.3) is 0 Å². The third kappa shape index (κ3) is 3.06. The van der Waals surface area contributed by atoms with E-state index in [-0.39, 0.29) is 11.5 Å². The topological polar surface area (TPSA) is 59.6 Å². The summed E-state index contributed by atoms with van der Waals surface area (Å²) in [6, 6.07) is 8.98. The molecule has 0 bridgehead atoms. The van der Waals surface area contributed by atoms with Crippen molar-refractivity contribution in [3.63, 3.8) is 0 Å². The molecule has 2 fully saturated rings. The van der Waals surface area contributed by atoms with Gasteiger partial charge >= 0.3 is 0 Å². The van der Waals surface area contributed by atoms with Gasteiger partial charge in [0.25, 0.3) is 0 Å². The van der Waals surface area contributed by atoms with Crippen molar-refractivity contribution >= 4 is 5.96 Å². The summed E-state index contributed by atoms with van der Waals surface area (Å²) in [6.45, 7) is 2.24. The Bertz CT molecular complexity index is 551. The molecule has 3 rings (SSSR count). The zero-order valence-corrected chi connectivity index (χ0v) is 13.6. The van der Waals surface area contributed by atoms with Crippen LogP contribution in [-0.2, 0) is 5.41 Å². The van der Waals surface area contributed by atoms with Gasteiger partial charge in [0.2, 0.25) is 0 Å². The molecule has 1 aromatic rings. The van der Waals surface area contributed by atoms with E-state index in [1.165, 1.54) is 37.7 Å². The SMILES string of the molecule is COc1ccccc1C1(C)CC1N=C(N)NC1CCCCC1. The normalized spacial score (nSPS) is 29.2. The second-order valence-electron chi connectivity index (χ2n) is 6.83. The molecule has 3 N–H and O–H groups in total. The Morgan fingerprint density at radius 2 is 2.00 bits per heavy atom. The highest BCUT2D eigenvalue weighted by Crippen LogP contribution is 2.52. The minimum Gasteiger partial charge on any atom is -0.496 e. The van der Waals surface area contributed by atoms with Crippen molar-refractivity contribution in [2.45, 2.75) is 62.9 Å². The summed E-state index contributed by atoms with van der Waals surface area (Å²) in [7, 11) is 1.72. The van der Waals surface area contributed by atoms with Crippen LogP contribution in [0.15, 0.2) is 29.3 Å². The third-order valence-electron chi connectivity index (χ3n) is 5.17. The fraction of sp³-hybridized carbons (Fsp3) is 0.611. The number of guanidine groups is 1. The molecule has 2 aliphatic carbocycles. The number of nitrogens with two attached hydrogens (primary N) is 1. The fourth-order valence-electron chi connectivity index (χ4n) is 3.60. The molecule has 0 amide bonds. The first-order valence-electron chi connectivity index (χ1n) is 8.37. The number of aliphatic imine (C=N–C) groups is 1. The lowest BCUT2D eigenvalue weighted by Crippen LogP contribution is -2.41. The fourth-order valence-corrected chi connectivity index (χ4v) is 3.60. The smallest absolute Gasteiger partial charge is 0.189 e. The van der Waals surface area contributed by atoms with E-state index >= 15 is 0 Å². The maximum absolute atomic E-state index is 6.12. The van der Waals surface area contributed by atoms with Crippen molar-refractivity contribution in [3.8, 4) is 5.75 Å². The molecular formula is C18H27N3O. The quantitative estimate of drug-likeness (QED) is 0.664. The van der Waals surface area contributed by atoms with Gasteiger partial charge in [0.05, 0.1) is 13.2 Å². The van der Waals surface area contributed by atoms with Gasteiger partial charge in [-0.25, -0.2) is 4.99 Å². The van der Waals surface area contributed by atoms with Crippen LogP contribution >= 0.6 is 0 Å². The molecule has 0 radical (unpaired) electrons. The standard InChI is InChI=1S/C18H27N3O/c1-18(14-10-6-7-11-15(14)22-2)12-16(18)21-17(19)20-13-8-4-3-5-9-13/h6-7,10-11,13,16H,3-5,8-9,12H2,1-2H3,(H3,19,20,21). The molecule has 0 aliphatic heterocycles. The largest absolute Gasteiger partial charge is 0.496 e. The van der Waals surface area contributed by atoms with E-state index < -0.39 is 0 Å². The van der Waals surface area contributed by atoms with Crippen molar-refractivity contribution in [3.05, 3.63) is 29.8 Å². The second-order valence-corrected chi connectivity index (χ2v) is 6.83.